The van der Waals surface area contributed by atoms with Gasteiger partial charge >= 0.3 is 6.85 Å². The molecule has 0 atom stereocenters. The average molecular weight is 713 g/mol. The Balaban J connectivity index is 1.26. The minimum Gasteiger partial charge on any atom is -0.455 e. The Morgan fingerprint density at radius 1 is 0.667 bits per heavy atom. The van der Waals surface area contributed by atoms with Gasteiger partial charge in [0.2, 0.25) is 0 Å². The average Bonchev–Trinajstić information content (AvgIpc) is 3.76. The fraction of sp³-hybridized carbons (Fsp3) is 0.143. The van der Waals surface area contributed by atoms with Crippen molar-refractivity contribution in [3.63, 3.8) is 0 Å². The van der Waals surface area contributed by atoms with E-state index in [1.165, 1.54) is 100 Å². The molecule has 2 aromatic heterocycles. The predicted octanol–water partition coefficient (Wildman–Crippen LogP) is 12.6. The number of hydrogen-bond acceptors (Lipinski definition) is 4. The molecule has 54 heavy (non-hydrogen) atoms. The van der Waals surface area contributed by atoms with Gasteiger partial charge < -0.3 is 14.1 Å². The second-order valence-corrected chi connectivity index (χ2v) is 17.0. The Kier molecular flexibility index (Phi) is 6.19. The highest BCUT2D eigenvalue weighted by atomic mass is 32.1. The van der Waals surface area contributed by atoms with E-state index >= 15 is 0 Å². The van der Waals surface area contributed by atoms with Crippen LogP contribution in [-0.2, 0) is 11.8 Å². The van der Waals surface area contributed by atoms with Crippen molar-refractivity contribution >= 4 is 99.7 Å². The lowest BCUT2D eigenvalue weighted by atomic mass is 9.42. The fourth-order valence-corrected chi connectivity index (χ4v) is 11.2. The Morgan fingerprint density at radius 2 is 1.43 bits per heavy atom. The van der Waals surface area contributed by atoms with Crippen LogP contribution in [0.4, 0.5) is 28.4 Å². The second kappa shape index (κ2) is 10.9. The summed E-state index contributed by atoms with van der Waals surface area (Å²) >= 11 is 1.89. The molecular formula is C49H37BN2OS. The van der Waals surface area contributed by atoms with Crippen LogP contribution >= 0.6 is 11.3 Å². The number of rotatable bonds is 4. The standard InChI is InChI=1S/C49H37BN2OS/c1-4-5-13-29-22-24-30(25-23-29)52-40-26-33-32-15-7-11-21-43(32)54-44(33)28-35(40)45-46-41(27-34-31-14-6-10-20-42(31)53-48(34)45)51-39-19-9-8-16-36(39)49(2,3)37-17-12-18-38(47(37)51)50(46)52/h6-12,14-28H,4-5,13H2,1-3H3. The molecule has 0 saturated carbocycles. The molecule has 5 heteroatoms. The van der Waals surface area contributed by atoms with Crippen LogP contribution in [0.2, 0.25) is 0 Å². The lowest BCUT2D eigenvalue weighted by Crippen LogP contribution is -2.62. The normalized spacial score (nSPS) is 14.8. The van der Waals surface area contributed by atoms with Crippen LogP contribution in [-0.4, -0.2) is 6.85 Å². The Labute approximate surface area is 319 Å². The molecule has 0 N–H and O–H groups in total. The summed E-state index contributed by atoms with van der Waals surface area (Å²) in [5.74, 6) is 0. The monoisotopic (exact) mass is 712 g/mol. The molecule has 0 unspecified atom stereocenters. The molecule has 0 radical (unpaired) electrons. The zero-order valence-electron chi connectivity index (χ0n) is 30.6. The molecule has 7 aromatic carbocycles. The van der Waals surface area contributed by atoms with Crippen molar-refractivity contribution in [3.05, 3.63) is 150 Å². The van der Waals surface area contributed by atoms with Crippen LogP contribution in [0.5, 0.6) is 0 Å². The Morgan fingerprint density at radius 3 is 2.30 bits per heavy atom. The summed E-state index contributed by atoms with van der Waals surface area (Å²) in [5, 5.41) is 4.94. The molecule has 3 nitrogen and oxygen atoms in total. The summed E-state index contributed by atoms with van der Waals surface area (Å²) < 4.78 is 9.62. The number of unbranched alkanes of at least 4 members (excludes halogenated alkanes) is 1. The smallest absolute Gasteiger partial charge is 0.333 e. The molecule has 3 aliphatic rings. The van der Waals surface area contributed by atoms with Crippen molar-refractivity contribution in [1.29, 1.82) is 0 Å². The minimum atomic E-state index is -0.175. The molecule has 0 fully saturated rings. The third-order valence-corrected chi connectivity index (χ3v) is 13.7. The Bertz CT molecular complexity index is 3040. The zero-order chi connectivity index (χ0) is 35.9. The van der Waals surface area contributed by atoms with Gasteiger partial charge in [-0.05, 0) is 89.0 Å². The summed E-state index contributed by atoms with van der Waals surface area (Å²) in [6.45, 7) is 6.99. The summed E-state index contributed by atoms with van der Waals surface area (Å²) in [7, 11) is 0. The first-order chi connectivity index (χ1) is 26.5. The SMILES string of the molecule is CCCCc1ccc(N2B3c4cccc5c4N(c4ccccc4C5(C)C)c4cc5c(oc6ccccc65)c(c43)-c3cc4sc5ccccc5c4cc32)cc1. The third-order valence-electron chi connectivity index (χ3n) is 12.6. The number of hydrogen-bond donors (Lipinski definition) is 0. The summed E-state index contributed by atoms with van der Waals surface area (Å²) in [6, 6.07) is 50.4. The van der Waals surface area contributed by atoms with Crippen molar-refractivity contribution < 1.29 is 4.42 Å². The maximum atomic E-state index is 7.01. The number of furan rings is 1. The maximum Gasteiger partial charge on any atom is 0.333 e. The van der Waals surface area contributed by atoms with Gasteiger partial charge in [-0.15, -0.1) is 11.3 Å². The highest BCUT2D eigenvalue weighted by Crippen LogP contribution is 2.57. The van der Waals surface area contributed by atoms with Crippen molar-refractivity contribution in [3.8, 4) is 11.1 Å². The van der Waals surface area contributed by atoms with Crippen molar-refractivity contribution in [2.45, 2.75) is 45.4 Å². The van der Waals surface area contributed by atoms with E-state index in [2.05, 4.69) is 164 Å². The highest BCUT2D eigenvalue weighted by molar-refractivity contribution is 7.25. The van der Waals surface area contributed by atoms with Crippen LogP contribution in [0, 0.1) is 0 Å². The number of para-hydroxylation sites is 3. The number of aryl methyl sites for hydroxylation is 1. The van der Waals surface area contributed by atoms with Crippen LogP contribution in [0.25, 0.3) is 53.2 Å². The van der Waals surface area contributed by atoms with Crippen molar-refractivity contribution in [1.82, 2.24) is 0 Å². The fourth-order valence-electron chi connectivity index (χ4n) is 10.1. The molecule has 0 amide bonds. The predicted molar refractivity (Wildman–Crippen MR) is 231 cm³/mol. The lowest BCUT2D eigenvalue weighted by molar-refractivity contribution is 0.632. The van der Waals surface area contributed by atoms with Gasteiger partial charge in [-0.2, -0.15) is 0 Å². The van der Waals surface area contributed by atoms with Gasteiger partial charge in [-0.25, -0.2) is 0 Å². The van der Waals surface area contributed by atoms with Gasteiger partial charge in [0.05, 0.1) is 5.69 Å². The van der Waals surface area contributed by atoms with E-state index in [0.717, 1.165) is 28.4 Å². The molecule has 12 rings (SSSR count). The van der Waals surface area contributed by atoms with Gasteiger partial charge in [0, 0.05) is 70.2 Å². The molecule has 0 bridgehead atoms. The van der Waals surface area contributed by atoms with Crippen LogP contribution in [0.1, 0.15) is 50.3 Å². The first-order valence-corrected chi connectivity index (χ1v) is 20.2. The zero-order valence-corrected chi connectivity index (χ0v) is 31.4. The van der Waals surface area contributed by atoms with E-state index < -0.39 is 0 Å². The van der Waals surface area contributed by atoms with Crippen LogP contribution < -0.4 is 20.6 Å². The molecule has 5 heterocycles. The van der Waals surface area contributed by atoms with E-state index in [1.54, 1.807) is 0 Å². The van der Waals surface area contributed by atoms with Gasteiger partial charge in [0.15, 0.2) is 0 Å². The largest absolute Gasteiger partial charge is 0.455 e. The van der Waals surface area contributed by atoms with Crippen molar-refractivity contribution in [2.24, 2.45) is 0 Å². The highest BCUT2D eigenvalue weighted by Gasteiger charge is 2.50. The van der Waals surface area contributed by atoms with Gasteiger partial charge in [0.1, 0.15) is 11.2 Å². The molecule has 0 spiro atoms. The first kappa shape index (κ1) is 30.7. The molecule has 9 aromatic rings. The molecule has 258 valence electrons. The molecule has 0 saturated heterocycles. The number of anilines is 5. The summed E-state index contributed by atoms with van der Waals surface area (Å²) in [6.07, 6.45) is 3.50. The van der Waals surface area contributed by atoms with Gasteiger partial charge in [-0.3, -0.25) is 0 Å². The number of nitrogens with zero attached hydrogens (tertiary/aromatic N) is 2. The topological polar surface area (TPSA) is 19.6 Å². The van der Waals surface area contributed by atoms with E-state index in [0.29, 0.717) is 0 Å². The summed E-state index contributed by atoms with van der Waals surface area (Å²) in [5.41, 5.74) is 17.2. The van der Waals surface area contributed by atoms with E-state index in [4.69, 9.17) is 4.42 Å². The van der Waals surface area contributed by atoms with E-state index in [-0.39, 0.29) is 12.3 Å². The second-order valence-electron chi connectivity index (χ2n) is 15.9. The molecule has 0 aliphatic carbocycles. The third kappa shape index (κ3) is 3.92. The quantitative estimate of drug-likeness (QED) is 0.169. The molecule has 3 aliphatic heterocycles. The first-order valence-electron chi connectivity index (χ1n) is 19.4. The Hall–Kier alpha value is -5.78. The molecular weight excluding hydrogens is 675 g/mol. The minimum absolute atomic E-state index is 0.0729. The van der Waals surface area contributed by atoms with Gasteiger partial charge in [-0.1, -0.05) is 112 Å². The number of fused-ring (bicyclic) bond motifs is 13. The number of benzene rings is 7. The summed E-state index contributed by atoms with van der Waals surface area (Å²) in [4.78, 5) is 5.25. The van der Waals surface area contributed by atoms with Crippen LogP contribution in [0.3, 0.4) is 0 Å². The lowest BCUT2D eigenvalue weighted by Gasteiger charge is -2.50. The van der Waals surface area contributed by atoms with Gasteiger partial charge in [0.25, 0.3) is 0 Å². The van der Waals surface area contributed by atoms with E-state index in [9.17, 15) is 0 Å². The van der Waals surface area contributed by atoms with Crippen molar-refractivity contribution in [2.75, 3.05) is 9.71 Å². The number of thiophene rings is 1. The maximum absolute atomic E-state index is 7.01. The van der Waals surface area contributed by atoms with E-state index in [1.807, 2.05) is 11.3 Å². The van der Waals surface area contributed by atoms with Crippen LogP contribution in [0.15, 0.2) is 138 Å².